The molecule has 0 bridgehead atoms. The third-order valence-corrected chi connectivity index (χ3v) is 6.26. The smallest absolute Gasteiger partial charge is 0.233 e. The molecule has 2 aliphatic heterocycles. The molecular weight excluding hydrogens is 370 g/mol. The Balaban J connectivity index is 1.40. The molecule has 0 unspecified atom stereocenters. The van der Waals surface area contributed by atoms with Crippen LogP contribution in [0.5, 0.6) is 23.0 Å². The fraction of sp³-hybridized carbons (Fsp3) is 0.435. The summed E-state index contributed by atoms with van der Waals surface area (Å²) >= 11 is 0. The molecule has 2 aromatic carbocycles. The summed E-state index contributed by atoms with van der Waals surface area (Å²) in [7, 11) is 3.28. The van der Waals surface area contributed by atoms with Crippen LogP contribution in [0.4, 0.5) is 0 Å². The maximum atomic E-state index is 13.5. The highest BCUT2D eigenvalue weighted by atomic mass is 16.6. The number of carbonyl (C=O) groups is 1. The van der Waals surface area contributed by atoms with E-state index < -0.39 is 5.41 Å². The maximum Gasteiger partial charge on any atom is 0.233 e. The molecule has 6 nitrogen and oxygen atoms in total. The number of carbonyl (C=O) groups excluding carboxylic acids is 1. The highest BCUT2D eigenvalue weighted by molar-refractivity contribution is 5.91. The second-order valence-corrected chi connectivity index (χ2v) is 7.89. The van der Waals surface area contributed by atoms with Crippen molar-refractivity contribution in [3.63, 3.8) is 0 Å². The van der Waals surface area contributed by atoms with Gasteiger partial charge in [-0.25, -0.2) is 0 Å². The first-order valence-electron chi connectivity index (χ1n) is 10.1. The molecule has 1 aliphatic carbocycles. The Labute approximate surface area is 170 Å². The number of hydrogen-bond donors (Lipinski definition) is 0. The summed E-state index contributed by atoms with van der Waals surface area (Å²) < 4.78 is 22.2. The van der Waals surface area contributed by atoms with Crippen LogP contribution in [-0.2, 0) is 23.2 Å². The Hall–Kier alpha value is -2.89. The standard InChI is InChI=1S/C23H25NO5/c1-26-19-11-15-5-8-24(14-16(15)12-20(19)27-2)22(25)23(6-7-23)17-3-4-18-21(13-17)29-10-9-28-18/h3-4,11-13H,5-10,14H2,1-2H3. The molecule has 2 heterocycles. The first-order valence-corrected chi connectivity index (χ1v) is 10.1. The largest absolute Gasteiger partial charge is 0.493 e. The van der Waals surface area contributed by atoms with Gasteiger partial charge in [0.05, 0.1) is 19.6 Å². The third kappa shape index (κ3) is 2.98. The molecule has 0 N–H and O–H groups in total. The molecule has 1 amide bonds. The average Bonchev–Trinajstić information content (AvgIpc) is 3.59. The van der Waals surface area contributed by atoms with Crippen molar-refractivity contribution in [3.05, 3.63) is 47.0 Å². The lowest BCUT2D eigenvalue weighted by molar-refractivity contribution is -0.134. The number of ether oxygens (including phenoxy) is 4. The molecule has 1 saturated carbocycles. The molecule has 1 fully saturated rings. The van der Waals surface area contributed by atoms with Crippen molar-refractivity contribution in [2.45, 2.75) is 31.2 Å². The number of nitrogens with zero attached hydrogens (tertiary/aromatic N) is 1. The van der Waals surface area contributed by atoms with Crippen molar-refractivity contribution >= 4 is 5.91 Å². The molecule has 0 saturated heterocycles. The highest BCUT2D eigenvalue weighted by Crippen LogP contribution is 2.52. The van der Waals surface area contributed by atoms with E-state index in [4.69, 9.17) is 18.9 Å². The normalized spacial score (nSPS) is 18.6. The van der Waals surface area contributed by atoms with Crippen LogP contribution < -0.4 is 18.9 Å². The minimum absolute atomic E-state index is 0.203. The minimum Gasteiger partial charge on any atom is -0.493 e. The molecule has 6 heteroatoms. The van der Waals surface area contributed by atoms with E-state index in [1.807, 2.05) is 35.2 Å². The number of amides is 1. The Kier molecular flexibility index (Phi) is 4.30. The van der Waals surface area contributed by atoms with Gasteiger partial charge >= 0.3 is 0 Å². The van der Waals surface area contributed by atoms with E-state index in [-0.39, 0.29) is 5.91 Å². The van der Waals surface area contributed by atoms with E-state index in [0.717, 1.165) is 47.6 Å². The van der Waals surface area contributed by atoms with Gasteiger partial charge < -0.3 is 23.8 Å². The topological polar surface area (TPSA) is 57.2 Å². The van der Waals surface area contributed by atoms with Crippen molar-refractivity contribution in [3.8, 4) is 23.0 Å². The summed E-state index contributed by atoms with van der Waals surface area (Å²) in [6, 6.07) is 9.97. The van der Waals surface area contributed by atoms with E-state index in [1.54, 1.807) is 14.2 Å². The molecular formula is C23H25NO5. The Bertz CT molecular complexity index is 966. The number of methoxy groups -OCH3 is 2. The Morgan fingerprint density at radius 2 is 1.66 bits per heavy atom. The second-order valence-electron chi connectivity index (χ2n) is 7.89. The molecule has 2 aromatic rings. The SMILES string of the molecule is COc1cc2c(cc1OC)CN(C(=O)C1(c3ccc4c(c3)OCCO4)CC1)CC2. The highest BCUT2D eigenvalue weighted by Gasteiger charge is 2.53. The zero-order chi connectivity index (χ0) is 20.0. The zero-order valence-corrected chi connectivity index (χ0v) is 16.8. The van der Waals surface area contributed by atoms with Crippen molar-refractivity contribution in [1.82, 2.24) is 4.90 Å². The Morgan fingerprint density at radius 1 is 0.966 bits per heavy atom. The van der Waals surface area contributed by atoms with Crippen LogP contribution in [0.1, 0.15) is 29.5 Å². The number of rotatable bonds is 4. The van der Waals surface area contributed by atoms with E-state index in [1.165, 1.54) is 5.56 Å². The fourth-order valence-electron chi connectivity index (χ4n) is 4.45. The van der Waals surface area contributed by atoms with E-state index >= 15 is 0 Å². The molecule has 5 rings (SSSR count). The lowest BCUT2D eigenvalue weighted by Crippen LogP contribution is -2.42. The van der Waals surface area contributed by atoms with Gasteiger partial charge in [-0.15, -0.1) is 0 Å². The van der Waals surface area contributed by atoms with Crippen LogP contribution in [0.2, 0.25) is 0 Å². The third-order valence-electron chi connectivity index (χ3n) is 6.26. The molecule has 29 heavy (non-hydrogen) atoms. The van der Waals surface area contributed by atoms with E-state index in [0.29, 0.717) is 32.1 Å². The van der Waals surface area contributed by atoms with Gasteiger partial charge in [-0.1, -0.05) is 6.07 Å². The van der Waals surface area contributed by atoms with E-state index in [9.17, 15) is 4.79 Å². The van der Waals surface area contributed by atoms with Crippen molar-refractivity contribution in [2.24, 2.45) is 0 Å². The summed E-state index contributed by atoms with van der Waals surface area (Å²) in [5.41, 5.74) is 2.95. The van der Waals surface area contributed by atoms with Gasteiger partial charge in [-0.2, -0.15) is 0 Å². The summed E-state index contributed by atoms with van der Waals surface area (Å²) in [6.07, 6.45) is 2.57. The van der Waals surface area contributed by atoms with Gasteiger partial charge in [0.1, 0.15) is 13.2 Å². The Morgan fingerprint density at radius 3 is 2.34 bits per heavy atom. The monoisotopic (exact) mass is 395 g/mol. The maximum absolute atomic E-state index is 13.5. The van der Waals surface area contributed by atoms with Gasteiger partial charge in [0.25, 0.3) is 0 Å². The molecule has 3 aliphatic rings. The lowest BCUT2D eigenvalue weighted by Gasteiger charge is -2.33. The second kappa shape index (κ2) is 6.87. The predicted molar refractivity (Wildman–Crippen MR) is 107 cm³/mol. The van der Waals surface area contributed by atoms with Crippen LogP contribution in [0.15, 0.2) is 30.3 Å². The zero-order valence-electron chi connectivity index (χ0n) is 16.8. The van der Waals surface area contributed by atoms with Crippen molar-refractivity contribution in [1.29, 1.82) is 0 Å². The van der Waals surface area contributed by atoms with Crippen molar-refractivity contribution in [2.75, 3.05) is 34.0 Å². The molecule has 0 aromatic heterocycles. The summed E-state index contributed by atoms with van der Waals surface area (Å²) in [4.78, 5) is 15.5. The number of fused-ring (bicyclic) bond motifs is 2. The van der Waals surface area contributed by atoms with Gasteiger partial charge in [0.15, 0.2) is 23.0 Å². The van der Waals surface area contributed by atoms with Gasteiger partial charge in [0.2, 0.25) is 5.91 Å². The first kappa shape index (κ1) is 18.2. The van der Waals surface area contributed by atoms with Crippen molar-refractivity contribution < 1.29 is 23.7 Å². The lowest BCUT2D eigenvalue weighted by atomic mass is 9.91. The van der Waals surface area contributed by atoms with Crippen LogP contribution in [0, 0.1) is 0 Å². The first-order chi connectivity index (χ1) is 14.1. The van der Waals surface area contributed by atoms with Gasteiger partial charge in [0, 0.05) is 13.1 Å². The predicted octanol–water partition coefficient (Wildman–Crippen LogP) is 3.09. The quantitative estimate of drug-likeness (QED) is 0.796. The van der Waals surface area contributed by atoms with Gasteiger partial charge in [-0.05, 0) is 60.2 Å². The fourth-order valence-corrected chi connectivity index (χ4v) is 4.45. The molecule has 0 atom stereocenters. The molecule has 152 valence electrons. The van der Waals surface area contributed by atoms with Gasteiger partial charge in [-0.3, -0.25) is 4.79 Å². The minimum atomic E-state index is -0.427. The van der Waals surface area contributed by atoms with E-state index in [2.05, 4.69) is 0 Å². The summed E-state index contributed by atoms with van der Waals surface area (Å²) in [5.74, 6) is 3.15. The van der Waals surface area contributed by atoms with Crippen LogP contribution in [-0.4, -0.2) is 44.8 Å². The van der Waals surface area contributed by atoms with Crippen LogP contribution >= 0.6 is 0 Å². The average molecular weight is 395 g/mol. The summed E-state index contributed by atoms with van der Waals surface area (Å²) in [5, 5.41) is 0. The number of hydrogen-bond acceptors (Lipinski definition) is 5. The number of benzene rings is 2. The summed E-state index contributed by atoms with van der Waals surface area (Å²) in [6.45, 7) is 2.43. The van der Waals surface area contributed by atoms with Crippen LogP contribution in [0.25, 0.3) is 0 Å². The molecule has 0 radical (unpaired) electrons. The van der Waals surface area contributed by atoms with Crippen LogP contribution in [0.3, 0.4) is 0 Å². The molecule has 0 spiro atoms.